The maximum absolute atomic E-state index is 13.1. The SMILES string of the molecule is CCOCCN1CCN(C(=O)c2ccc(Nc3ccc(-c4cccc(CNC=O)c4)n4ccnc34)cc2)CC1. The van der Waals surface area contributed by atoms with Crippen LogP contribution in [0, 0.1) is 0 Å². The van der Waals surface area contributed by atoms with Gasteiger partial charge in [0.2, 0.25) is 6.41 Å². The van der Waals surface area contributed by atoms with Crippen LogP contribution in [0.25, 0.3) is 16.9 Å². The molecule has 2 aromatic carbocycles. The highest BCUT2D eigenvalue weighted by Gasteiger charge is 2.22. The third-order valence-corrected chi connectivity index (χ3v) is 6.99. The molecule has 2 amide bonds. The Morgan fingerprint density at radius 3 is 2.64 bits per heavy atom. The molecular weight excluding hydrogens is 492 g/mol. The van der Waals surface area contributed by atoms with E-state index in [0.717, 1.165) is 79.8 Å². The number of benzene rings is 2. The summed E-state index contributed by atoms with van der Waals surface area (Å²) in [6, 6.07) is 19.8. The van der Waals surface area contributed by atoms with Crippen molar-refractivity contribution >= 4 is 29.3 Å². The normalized spacial score (nSPS) is 13.9. The molecular formula is C30H34N6O3. The predicted molar refractivity (Wildman–Crippen MR) is 152 cm³/mol. The first-order valence-corrected chi connectivity index (χ1v) is 13.3. The Morgan fingerprint density at radius 1 is 1.05 bits per heavy atom. The van der Waals surface area contributed by atoms with E-state index in [2.05, 4.69) is 32.7 Å². The molecule has 1 fully saturated rings. The molecule has 0 saturated carbocycles. The van der Waals surface area contributed by atoms with Gasteiger partial charge in [0, 0.05) is 69.5 Å². The molecule has 0 bridgehead atoms. The highest BCUT2D eigenvalue weighted by atomic mass is 16.5. The fourth-order valence-corrected chi connectivity index (χ4v) is 4.89. The van der Waals surface area contributed by atoms with E-state index in [0.29, 0.717) is 18.5 Å². The van der Waals surface area contributed by atoms with E-state index in [-0.39, 0.29) is 5.91 Å². The van der Waals surface area contributed by atoms with Gasteiger partial charge in [0.15, 0.2) is 5.65 Å². The summed E-state index contributed by atoms with van der Waals surface area (Å²) in [7, 11) is 0. The predicted octanol–water partition coefficient (Wildman–Crippen LogP) is 3.79. The Labute approximate surface area is 228 Å². The van der Waals surface area contributed by atoms with Crippen molar-refractivity contribution < 1.29 is 14.3 Å². The first kappa shape index (κ1) is 26.4. The van der Waals surface area contributed by atoms with Crippen LogP contribution in [0.1, 0.15) is 22.8 Å². The topological polar surface area (TPSA) is 91.2 Å². The van der Waals surface area contributed by atoms with Crippen LogP contribution in [0.4, 0.5) is 11.4 Å². The summed E-state index contributed by atoms with van der Waals surface area (Å²) in [4.78, 5) is 32.6. The average Bonchev–Trinajstić information content (AvgIpc) is 3.48. The smallest absolute Gasteiger partial charge is 0.253 e. The number of aromatic nitrogens is 2. The summed E-state index contributed by atoms with van der Waals surface area (Å²) >= 11 is 0. The highest BCUT2D eigenvalue weighted by Crippen LogP contribution is 2.28. The number of nitrogens with zero attached hydrogens (tertiary/aromatic N) is 4. The van der Waals surface area contributed by atoms with Crippen molar-refractivity contribution in [2.75, 3.05) is 51.3 Å². The summed E-state index contributed by atoms with van der Waals surface area (Å²) in [5.74, 6) is 0.0663. The number of carbonyl (C=O) groups excluding carboxylic acids is 2. The van der Waals surface area contributed by atoms with E-state index in [4.69, 9.17) is 4.74 Å². The number of nitrogens with one attached hydrogen (secondary N) is 2. The Bertz CT molecular complexity index is 1410. The average molecular weight is 527 g/mol. The lowest BCUT2D eigenvalue weighted by atomic mass is 10.1. The van der Waals surface area contributed by atoms with E-state index >= 15 is 0 Å². The van der Waals surface area contributed by atoms with Crippen molar-refractivity contribution in [3.63, 3.8) is 0 Å². The van der Waals surface area contributed by atoms with Crippen LogP contribution in [0.15, 0.2) is 73.1 Å². The number of carbonyl (C=O) groups is 2. The van der Waals surface area contributed by atoms with Gasteiger partial charge in [-0.15, -0.1) is 0 Å². The molecule has 4 aromatic rings. The van der Waals surface area contributed by atoms with Gasteiger partial charge >= 0.3 is 0 Å². The number of imidazole rings is 1. The second-order valence-electron chi connectivity index (χ2n) is 9.49. The van der Waals surface area contributed by atoms with Gasteiger partial charge < -0.3 is 20.3 Å². The summed E-state index contributed by atoms with van der Waals surface area (Å²) in [5.41, 5.74) is 6.29. The Balaban J connectivity index is 1.25. The number of hydrogen-bond acceptors (Lipinski definition) is 6. The fourth-order valence-electron chi connectivity index (χ4n) is 4.89. The second kappa shape index (κ2) is 12.6. The van der Waals surface area contributed by atoms with Crippen molar-refractivity contribution in [2.45, 2.75) is 13.5 Å². The molecule has 2 N–H and O–H groups in total. The van der Waals surface area contributed by atoms with E-state index < -0.39 is 0 Å². The largest absolute Gasteiger partial charge is 0.380 e. The summed E-state index contributed by atoms with van der Waals surface area (Å²) in [6.07, 6.45) is 4.42. The first-order chi connectivity index (χ1) is 19.2. The molecule has 0 radical (unpaired) electrons. The molecule has 202 valence electrons. The van der Waals surface area contributed by atoms with Gasteiger partial charge in [0.1, 0.15) is 0 Å². The van der Waals surface area contributed by atoms with E-state index in [1.165, 1.54) is 0 Å². The monoisotopic (exact) mass is 526 g/mol. The van der Waals surface area contributed by atoms with Gasteiger partial charge in [0.25, 0.3) is 5.91 Å². The highest BCUT2D eigenvalue weighted by molar-refractivity contribution is 5.94. The molecule has 0 aliphatic carbocycles. The maximum Gasteiger partial charge on any atom is 0.253 e. The lowest BCUT2D eigenvalue weighted by Crippen LogP contribution is -2.49. The Kier molecular flexibility index (Phi) is 8.50. The van der Waals surface area contributed by atoms with Crippen LogP contribution < -0.4 is 10.6 Å². The van der Waals surface area contributed by atoms with Gasteiger partial charge in [-0.25, -0.2) is 4.98 Å². The Morgan fingerprint density at radius 2 is 1.87 bits per heavy atom. The standard InChI is InChI=1S/C30H34N6O3/c1-2-39-19-18-34-14-16-35(17-15-34)30(38)24-6-8-26(9-7-24)33-27-10-11-28(36-13-12-32-29(27)36)25-5-3-4-23(20-25)21-31-22-37/h3-13,20,22,33H,2,14-19,21H2,1H3,(H,31,37). The molecule has 1 aliphatic rings. The minimum absolute atomic E-state index is 0.0663. The number of ether oxygens (including phenoxy) is 1. The molecule has 2 aromatic heterocycles. The van der Waals surface area contributed by atoms with E-state index in [9.17, 15) is 9.59 Å². The molecule has 0 spiro atoms. The fraction of sp³-hybridized carbons (Fsp3) is 0.300. The third-order valence-electron chi connectivity index (χ3n) is 6.99. The van der Waals surface area contributed by atoms with E-state index in [1.807, 2.05) is 71.0 Å². The second-order valence-corrected chi connectivity index (χ2v) is 9.49. The molecule has 9 nitrogen and oxygen atoms in total. The van der Waals surface area contributed by atoms with Crippen LogP contribution in [-0.4, -0.2) is 77.4 Å². The zero-order valence-electron chi connectivity index (χ0n) is 22.2. The summed E-state index contributed by atoms with van der Waals surface area (Å²) in [5, 5.41) is 6.16. The van der Waals surface area contributed by atoms with Gasteiger partial charge in [-0.05, 0) is 60.5 Å². The van der Waals surface area contributed by atoms with Crippen LogP contribution >= 0.6 is 0 Å². The van der Waals surface area contributed by atoms with Gasteiger partial charge in [-0.2, -0.15) is 0 Å². The third kappa shape index (κ3) is 6.27. The van der Waals surface area contributed by atoms with Crippen LogP contribution in [0.2, 0.25) is 0 Å². The maximum atomic E-state index is 13.1. The van der Waals surface area contributed by atoms with Crippen LogP contribution in [-0.2, 0) is 16.1 Å². The number of rotatable bonds is 11. The molecule has 1 aliphatic heterocycles. The van der Waals surface area contributed by atoms with Crippen molar-refractivity contribution in [1.29, 1.82) is 0 Å². The number of amides is 2. The zero-order valence-corrected chi connectivity index (χ0v) is 22.2. The molecule has 3 heterocycles. The van der Waals surface area contributed by atoms with Crippen molar-refractivity contribution in [2.24, 2.45) is 0 Å². The minimum atomic E-state index is 0.0663. The molecule has 0 unspecified atom stereocenters. The summed E-state index contributed by atoms with van der Waals surface area (Å²) in [6.45, 7) is 8.06. The number of pyridine rings is 1. The van der Waals surface area contributed by atoms with E-state index in [1.54, 1.807) is 6.20 Å². The number of fused-ring (bicyclic) bond motifs is 1. The van der Waals surface area contributed by atoms with Crippen LogP contribution in [0.5, 0.6) is 0 Å². The lowest BCUT2D eigenvalue weighted by molar-refractivity contribution is -0.109. The van der Waals surface area contributed by atoms with Crippen LogP contribution in [0.3, 0.4) is 0 Å². The number of hydrogen-bond donors (Lipinski definition) is 2. The molecule has 1 saturated heterocycles. The quantitative estimate of drug-likeness (QED) is 0.228. The minimum Gasteiger partial charge on any atom is -0.380 e. The molecule has 9 heteroatoms. The van der Waals surface area contributed by atoms with Crippen molar-refractivity contribution in [1.82, 2.24) is 24.5 Å². The van der Waals surface area contributed by atoms with Gasteiger partial charge in [-0.3, -0.25) is 18.9 Å². The first-order valence-electron chi connectivity index (χ1n) is 13.3. The Hall–Kier alpha value is -4.21. The van der Waals surface area contributed by atoms with Gasteiger partial charge in [0.05, 0.1) is 18.0 Å². The zero-order chi connectivity index (χ0) is 27.0. The van der Waals surface area contributed by atoms with Gasteiger partial charge in [-0.1, -0.05) is 18.2 Å². The molecule has 39 heavy (non-hydrogen) atoms. The summed E-state index contributed by atoms with van der Waals surface area (Å²) < 4.78 is 7.49. The molecule has 5 rings (SSSR count). The van der Waals surface area contributed by atoms with Crippen molar-refractivity contribution in [3.8, 4) is 11.3 Å². The number of piperazine rings is 1. The lowest BCUT2D eigenvalue weighted by Gasteiger charge is -2.34. The molecule has 0 atom stereocenters. The number of anilines is 2. The van der Waals surface area contributed by atoms with Crippen molar-refractivity contribution in [3.05, 3.63) is 84.2 Å².